The molecule has 2 N–H and O–H groups in total. The van der Waals surface area contributed by atoms with Crippen LogP contribution in [0.25, 0.3) is 10.9 Å². The number of hydrogen-bond acceptors (Lipinski definition) is 5. The smallest absolute Gasteiger partial charge is 0.223 e. The number of hydrogen-bond donors (Lipinski definition) is 2. The largest absolute Gasteiger partial charge is 0.350 e. The molecule has 0 radical (unpaired) electrons. The number of aromatic nitrogens is 2. The van der Waals surface area contributed by atoms with Crippen molar-refractivity contribution in [3.05, 3.63) is 58.7 Å². The van der Waals surface area contributed by atoms with Crippen LogP contribution in [0.3, 0.4) is 0 Å². The molecule has 2 aromatic carbocycles. The van der Waals surface area contributed by atoms with Crippen molar-refractivity contribution < 1.29 is 0 Å². The lowest BCUT2D eigenvalue weighted by Crippen LogP contribution is -2.03. The maximum atomic E-state index is 4.53. The Labute approximate surface area is 142 Å². The van der Waals surface area contributed by atoms with Crippen LogP contribution >= 0.6 is 27.9 Å². The highest BCUT2D eigenvalue weighted by atomic mass is 79.9. The molecular formula is C16H15BrN4S. The maximum Gasteiger partial charge on any atom is 0.223 e. The molecule has 0 unspecified atom stereocenters. The van der Waals surface area contributed by atoms with Crippen molar-refractivity contribution in [2.75, 3.05) is 16.3 Å². The predicted molar refractivity (Wildman–Crippen MR) is 98.1 cm³/mol. The lowest BCUT2D eigenvalue weighted by Gasteiger charge is -2.08. The van der Waals surface area contributed by atoms with E-state index in [-0.39, 0.29) is 0 Å². The molecule has 0 amide bonds. The van der Waals surface area contributed by atoms with E-state index in [0.29, 0.717) is 12.5 Å². The average molecular weight is 375 g/mol. The Morgan fingerprint density at radius 3 is 2.95 bits per heavy atom. The summed E-state index contributed by atoms with van der Waals surface area (Å²) in [4.78, 5) is 8.89. The molecule has 1 heterocycles. The summed E-state index contributed by atoms with van der Waals surface area (Å²) in [5, 5.41) is 4.29. The normalized spacial score (nSPS) is 10.6. The molecule has 0 aliphatic heterocycles. The van der Waals surface area contributed by atoms with Crippen molar-refractivity contribution in [2.24, 2.45) is 0 Å². The first-order valence-corrected chi connectivity index (χ1v) is 8.80. The van der Waals surface area contributed by atoms with Crippen molar-refractivity contribution >= 4 is 50.4 Å². The molecule has 3 rings (SSSR count). The van der Waals surface area contributed by atoms with Gasteiger partial charge in [-0.3, -0.25) is 0 Å². The fourth-order valence-electron chi connectivity index (χ4n) is 2.13. The van der Waals surface area contributed by atoms with Crippen LogP contribution in [0.1, 0.15) is 5.56 Å². The molecule has 4 nitrogen and oxygen atoms in total. The van der Waals surface area contributed by atoms with Crippen LogP contribution in [0.2, 0.25) is 0 Å². The van der Waals surface area contributed by atoms with Gasteiger partial charge in [0.1, 0.15) is 0 Å². The molecule has 0 saturated carbocycles. The van der Waals surface area contributed by atoms with Crippen molar-refractivity contribution in [3.63, 3.8) is 0 Å². The fourth-order valence-corrected chi connectivity index (χ4v) is 2.87. The van der Waals surface area contributed by atoms with E-state index in [9.17, 15) is 0 Å². The van der Waals surface area contributed by atoms with E-state index in [0.717, 1.165) is 21.1 Å². The van der Waals surface area contributed by atoms with Gasteiger partial charge < -0.3 is 10.0 Å². The summed E-state index contributed by atoms with van der Waals surface area (Å²) in [6, 6.07) is 14.2. The monoisotopic (exact) mass is 374 g/mol. The van der Waals surface area contributed by atoms with Crippen LogP contribution < -0.4 is 10.0 Å². The maximum absolute atomic E-state index is 4.53. The van der Waals surface area contributed by atoms with E-state index in [4.69, 9.17) is 0 Å². The predicted octanol–water partition coefficient (Wildman–Crippen LogP) is 4.69. The summed E-state index contributed by atoms with van der Waals surface area (Å²) >= 11 is 5.03. The van der Waals surface area contributed by atoms with Crippen molar-refractivity contribution in [3.8, 4) is 0 Å². The number of anilines is 2. The Morgan fingerprint density at radius 1 is 1.18 bits per heavy atom. The van der Waals surface area contributed by atoms with Crippen LogP contribution in [0, 0.1) is 0 Å². The van der Waals surface area contributed by atoms with Crippen LogP contribution in [0.4, 0.5) is 11.6 Å². The summed E-state index contributed by atoms with van der Waals surface area (Å²) < 4.78 is 4.26. The van der Waals surface area contributed by atoms with E-state index >= 15 is 0 Å². The Hall–Kier alpha value is -1.79. The third-order valence-electron chi connectivity index (χ3n) is 3.14. The van der Waals surface area contributed by atoms with Crippen molar-refractivity contribution in [1.82, 2.24) is 9.97 Å². The average Bonchev–Trinajstić information content (AvgIpc) is 2.53. The zero-order valence-corrected chi connectivity index (χ0v) is 14.4. The quantitative estimate of drug-likeness (QED) is 0.634. The standard InChI is InChI=1S/C16H15BrN4S/c1-22-21-14-4-2-3-11(7-14)9-18-16-19-10-12-8-13(17)5-6-15(12)20-16/h2-8,10,21H,9H2,1H3,(H,18,19,20). The second-order valence-corrected chi connectivity index (χ2v) is 6.28. The number of halogens is 1. The third-order valence-corrected chi connectivity index (χ3v) is 4.07. The lowest BCUT2D eigenvalue weighted by atomic mass is 10.2. The molecular weight excluding hydrogens is 360 g/mol. The fraction of sp³-hybridized carbons (Fsp3) is 0.125. The van der Waals surface area contributed by atoms with Gasteiger partial charge in [0.15, 0.2) is 0 Å². The first-order valence-electron chi connectivity index (χ1n) is 6.79. The molecule has 1 aromatic heterocycles. The molecule has 0 fully saturated rings. The van der Waals surface area contributed by atoms with E-state index in [2.05, 4.69) is 48.1 Å². The van der Waals surface area contributed by atoms with Gasteiger partial charge >= 0.3 is 0 Å². The van der Waals surface area contributed by atoms with Gasteiger partial charge in [-0.1, -0.05) is 40.0 Å². The third kappa shape index (κ3) is 3.69. The molecule has 0 aliphatic rings. The molecule has 6 heteroatoms. The molecule has 3 aromatic rings. The molecule has 0 saturated heterocycles. The Kier molecular flexibility index (Phi) is 4.80. The summed E-state index contributed by atoms with van der Waals surface area (Å²) in [6.45, 7) is 0.686. The number of rotatable bonds is 5. The molecule has 0 atom stereocenters. The SMILES string of the molecule is CSNc1cccc(CNc2ncc3cc(Br)ccc3n2)c1. The number of nitrogens with zero attached hydrogens (tertiary/aromatic N) is 2. The number of nitrogens with one attached hydrogen (secondary N) is 2. The summed E-state index contributed by atoms with van der Waals surface area (Å²) in [5.41, 5.74) is 3.20. The Balaban J connectivity index is 1.73. The Bertz CT molecular complexity index is 794. The zero-order chi connectivity index (χ0) is 15.4. The van der Waals surface area contributed by atoms with Crippen LogP contribution in [-0.4, -0.2) is 16.2 Å². The van der Waals surface area contributed by atoms with Gasteiger partial charge in [0.05, 0.1) is 5.52 Å². The second kappa shape index (κ2) is 6.98. The highest BCUT2D eigenvalue weighted by molar-refractivity contribution is 9.10. The van der Waals surface area contributed by atoms with Gasteiger partial charge in [-0.15, -0.1) is 0 Å². The Morgan fingerprint density at radius 2 is 2.09 bits per heavy atom. The van der Waals surface area contributed by atoms with E-state index < -0.39 is 0 Å². The van der Waals surface area contributed by atoms with Crippen LogP contribution in [-0.2, 0) is 6.54 Å². The summed E-state index contributed by atoms with van der Waals surface area (Å²) in [6.07, 6.45) is 3.84. The van der Waals surface area contributed by atoms with Crippen LogP contribution in [0.5, 0.6) is 0 Å². The van der Waals surface area contributed by atoms with Gasteiger partial charge in [0, 0.05) is 34.5 Å². The van der Waals surface area contributed by atoms with Gasteiger partial charge in [-0.2, -0.15) is 0 Å². The van der Waals surface area contributed by atoms with Gasteiger partial charge in [-0.05, 0) is 35.9 Å². The molecule has 0 aliphatic carbocycles. The van der Waals surface area contributed by atoms with Crippen LogP contribution in [0.15, 0.2) is 53.1 Å². The topological polar surface area (TPSA) is 49.8 Å². The summed E-state index contributed by atoms with van der Waals surface area (Å²) in [7, 11) is 0. The van der Waals surface area contributed by atoms with Gasteiger partial charge in [0.2, 0.25) is 5.95 Å². The number of fused-ring (bicyclic) bond motifs is 1. The van der Waals surface area contributed by atoms with Crippen molar-refractivity contribution in [2.45, 2.75) is 6.54 Å². The minimum atomic E-state index is 0.637. The van der Waals surface area contributed by atoms with Gasteiger partial charge in [0.25, 0.3) is 0 Å². The van der Waals surface area contributed by atoms with E-state index in [1.807, 2.05) is 42.8 Å². The molecule has 0 spiro atoms. The highest BCUT2D eigenvalue weighted by Gasteiger charge is 2.01. The first kappa shape index (κ1) is 15.1. The summed E-state index contributed by atoms with van der Waals surface area (Å²) in [5.74, 6) is 0.637. The minimum Gasteiger partial charge on any atom is -0.350 e. The van der Waals surface area contributed by atoms with Crippen molar-refractivity contribution in [1.29, 1.82) is 0 Å². The number of benzene rings is 2. The van der Waals surface area contributed by atoms with E-state index in [1.165, 1.54) is 5.56 Å². The van der Waals surface area contributed by atoms with E-state index in [1.54, 1.807) is 11.9 Å². The zero-order valence-electron chi connectivity index (χ0n) is 12.0. The lowest BCUT2D eigenvalue weighted by molar-refractivity contribution is 1.07. The highest BCUT2D eigenvalue weighted by Crippen LogP contribution is 2.19. The molecule has 0 bridgehead atoms. The van der Waals surface area contributed by atoms with Gasteiger partial charge in [-0.25, -0.2) is 9.97 Å². The molecule has 112 valence electrons. The molecule has 22 heavy (non-hydrogen) atoms. The first-order chi connectivity index (χ1) is 10.7. The second-order valence-electron chi connectivity index (χ2n) is 4.76. The minimum absolute atomic E-state index is 0.637.